The Labute approximate surface area is 129 Å². The van der Waals surface area contributed by atoms with E-state index in [9.17, 15) is 4.39 Å². The highest BCUT2D eigenvalue weighted by Crippen LogP contribution is 2.29. The van der Waals surface area contributed by atoms with E-state index in [0.717, 1.165) is 23.3 Å². The Morgan fingerprint density at radius 1 is 1.19 bits per heavy atom. The normalized spacial score (nSPS) is 13.8. The lowest BCUT2D eigenvalue weighted by Gasteiger charge is -2.25. The second-order valence-electron chi connectivity index (χ2n) is 5.07. The predicted molar refractivity (Wildman–Crippen MR) is 84.2 cm³/mol. The molecule has 2 aromatic rings. The smallest absolute Gasteiger partial charge is 0.139 e. The van der Waals surface area contributed by atoms with E-state index in [2.05, 4.69) is 0 Å². The number of nitrogens with two attached hydrogens (primary N) is 1. The van der Waals surface area contributed by atoms with E-state index in [1.807, 2.05) is 26.0 Å². The van der Waals surface area contributed by atoms with Gasteiger partial charge in [0.2, 0.25) is 0 Å². The molecule has 0 aliphatic carbocycles. The Morgan fingerprint density at radius 3 is 2.43 bits per heavy atom. The minimum absolute atomic E-state index is 0.175. The molecule has 2 N–H and O–H groups in total. The molecule has 2 atom stereocenters. The maximum Gasteiger partial charge on any atom is 0.139 e. The molecule has 0 aliphatic heterocycles. The first-order chi connectivity index (χ1) is 10.0. The molecule has 0 saturated carbocycles. The van der Waals surface area contributed by atoms with Crippen LogP contribution in [-0.4, -0.2) is 6.04 Å². The number of benzene rings is 2. The van der Waals surface area contributed by atoms with E-state index < -0.39 is 0 Å². The van der Waals surface area contributed by atoms with Gasteiger partial charge in [-0.15, -0.1) is 0 Å². The zero-order valence-corrected chi connectivity index (χ0v) is 12.9. The number of ether oxygens (including phenoxy) is 1. The summed E-state index contributed by atoms with van der Waals surface area (Å²) in [6.45, 7) is 3.93. The maximum absolute atomic E-state index is 13.1. The average molecular weight is 308 g/mol. The molecule has 0 amide bonds. The van der Waals surface area contributed by atoms with Crippen molar-refractivity contribution in [2.75, 3.05) is 0 Å². The Morgan fingerprint density at radius 2 is 1.86 bits per heavy atom. The Bertz CT molecular complexity index is 600. The SMILES string of the molecule is CCC(N)C(Oc1ccc(Cl)cc1C)c1ccc(F)cc1. The molecule has 0 bridgehead atoms. The van der Waals surface area contributed by atoms with Crippen LogP contribution in [0.2, 0.25) is 5.02 Å². The number of hydrogen-bond donors (Lipinski definition) is 1. The van der Waals surface area contributed by atoms with Gasteiger partial charge in [-0.3, -0.25) is 0 Å². The minimum atomic E-state index is -0.324. The van der Waals surface area contributed by atoms with Crippen LogP contribution in [0.15, 0.2) is 42.5 Å². The van der Waals surface area contributed by atoms with Crippen molar-refractivity contribution >= 4 is 11.6 Å². The van der Waals surface area contributed by atoms with Gasteiger partial charge < -0.3 is 10.5 Å². The van der Waals surface area contributed by atoms with Crippen LogP contribution in [-0.2, 0) is 0 Å². The van der Waals surface area contributed by atoms with Crippen molar-refractivity contribution in [3.05, 3.63) is 64.4 Å². The fourth-order valence-electron chi connectivity index (χ4n) is 2.15. The van der Waals surface area contributed by atoms with Gasteiger partial charge in [-0.2, -0.15) is 0 Å². The summed E-state index contributed by atoms with van der Waals surface area (Å²) in [6, 6.07) is 11.5. The highest BCUT2D eigenvalue weighted by molar-refractivity contribution is 6.30. The van der Waals surface area contributed by atoms with Gasteiger partial charge in [0.15, 0.2) is 0 Å². The van der Waals surface area contributed by atoms with Crippen molar-refractivity contribution in [3.63, 3.8) is 0 Å². The lowest BCUT2D eigenvalue weighted by molar-refractivity contribution is 0.170. The second kappa shape index (κ2) is 6.92. The van der Waals surface area contributed by atoms with E-state index >= 15 is 0 Å². The van der Waals surface area contributed by atoms with Crippen molar-refractivity contribution in [1.82, 2.24) is 0 Å². The lowest BCUT2D eigenvalue weighted by Crippen LogP contribution is -2.31. The van der Waals surface area contributed by atoms with Gasteiger partial charge in [0.1, 0.15) is 17.7 Å². The molecular formula is C17H19ClFNO. The fourth-order valence-corrected chi connectivity index (χ4v) is 2.38. The molecule has 0 aromatic heterocycles. The van der Waals surface area contributed by atoms with Crippen LogP contribution in [0.5, 0.6) is 5.75 Å². The Hall–Kier alpha value is -1.58. The van der Waals surface area contributed by atoms with Gasteiger partial charge in [0, 0.05) is 11.1 Å². The van der Waals surface area contributed by atoms with E-state index in [1.165, 1.54) is 12.1 Å². The molecule has 0 saturated heterocycles. The van der Waals surface area contributed by atoms with Gasteiger partial charge in [-0.25, -0.2) is 4.39 Å². The van der Waals surface area contributed by atoms with Crippen LogP contribution in [0, 0.1) is 12.7 Å². The van der Waals surface area contributed by atoms with E-state index in [0.29, 0.717) is 5.02 Å². The summed E-state index contributed by atoms with van der Waals surface area (Å²) >= 11 is 5.96. The summed E-state index contributed by atoms with van der Waals surface area (Å²) in [5, 5.41) is 0.665. The van der Waals surface area contributed by atoms with Crippen LogP contribution >= 0.6 is 11.6 Å². The van der Waals surface area contributed by atoms with Crippen molar-refractivity contribution in [2.24, 2.45) is 5.73 Å². The molecule has 0 radical (unpaired) electrons. The first kappa shape index (κ1) is 15.8. The topological polar surface area (TPSA) is 35.2 Å². The van der Waals surface area contributed by atoms with Crippen molar-refractivity contribution in [3.8, 4) is 5.75 Å². The average Bonchev–Trinajstić information content (AvgIpc) is 2.47. The molecule has 2 unspecified atom stereocenters. The summed E-state index contributed by atoms with van der Waals surface area (Å²) in [6.07, 6.45) is 0.435. The minimum Gasteiger partial charge on any atom is -0.484 e. The molecule has 2 rings (SSSR count). The van der Waals surface area contributed by atoms with Crippen molar-refractivity contribution in [1.29, 1.82) is 0 Å². The Kier molecular flexibility index (Phi) is 5.21. The molecule has 21 heavy (non-hydrogen) atoms. The Balaban J connectivity index is 2.30. The number of halogens is 2. The zero-order chi connectivity index (χ0) is 15.4. The molecule has 2 nitrogen and oxygen atoms in total. The van der Waals surface area contributed by atoms with Crippen molar-refractivity contribution < 1.29 is 9.13 Å². The first-order valence-electron chi connectivity index (χ1n) is 6.95. The third kappa shape index (κ3) is 3.96. The van der Waals surface area contributed by atoms with Gasteiger partial charge in [-0.1, -0.05) is 30.7 Å². The van der Waals surface area contributed by atoms with Gasteiger partial charge >= 0.3 is 0 Å². The second-order valence-corrected chi connectivity index (χ2v) is 5.51. The third-order valence-corrected chi connectivity index (χ3v) is 3.68. The largest absolute Gasteiger partial charge is 0.484 e. The summed E-state index contributed by atoms with van der Waals surface area (Å²) in [4.78, 5) is 0. The molecule has 0 heterocycles. The quantitative estimate of drug-likeness (QED) is 0.873. The highest BCUT2D eigenvalue weighted by atomic mass is 35.5. The van der Waals surface area contributed by atoms with Crippen LogP contribution < -0.4 is 10.5 Å². The van der Waals surface area contributed by atoms with E-state index in [-0.39, 0.29) is 18.0 Å². The third-order valence-electron chi connectivity index (χ3n) is 3.45. The van der Waals surface area contributed by atoms with Crippen molar-refractivity contribution in [2.45, 2.75) is 32.4 Å². The van der Waals surface area contributed by atoms with Gasteiger partial charge in [-0.05, 0) is 54.8 Å². The first-order valence-corrected chi connectivity index (χ1v) is 7.33. The number of rotatable bonds is 5. The molecule has 112 valence electrons. The molecule has 2 aromatic carbocycles. The molecular weight excluding hydrogens is 289 g/mol. The van der Waals surface area contributed by atoms with Crippen LogP contribution in [0.25, 0.3) is 0 Å². The van der Waals surface area contributed by atoms with Gasteiger partial charge in [0.05, 0.1) is 0 Å². The van der Waals surface area contributed by atoms with Crippen LogP contribution in [0.3, 0.4) is 0 Å². The van der Waals surface area contributed by atoms with Crippen LogP contribution in [0.4, 0.5) is 4.39 Å². The molecule has 0 fully saturated rings. The van der Waals surface area contributed by atoms with Crippen LogP contribution in [0.1, 0.15) is 30.6 Å². The summed E-state index contributed by atoms with van der Waals surface area (Å²) in [7, 11) is 0. The highest BCUT2D eigenvalue weighted by Gasteiger charge is 2.21. The number of hydrogen-bond acceptors (Lipinski definition) is 2. The molecule has 4 heteroatoms. The maximum atomic E-state index is 13.1. The summed E-state index contributed by atoms with van der Waals surface area (Å²) < 4.78 is 19.2. The molecule has 0 aliphatic rings. The van der Waals surface area contributed by atoms with E-state index in [1.54, 1.807) is 18.2 Å². The number of aryl methyl sites for hydroxylation is 1. The zero-order valence-electron chi connectivity index (χ0n) is 12.1. The van der Waals surface area contributed by atoms with Gasteiger partial charge in [0.25, 0.3) is 0 Å². The predicted octanol–water partition coefficient (Wildman–Crippen LogP) is 4.64. The standard InChI is InChI=1S/C17H19ClFNO/c1-3-15(20)17(12-4-7-14(19)8-5-12)21-16-9-6-13(18)10-11(16)2/h4-10,15,17H,3,20H2,1-2H3. The summed E-state index contributed by atoms with van der Waals surface area (Å²) in [5.41, 5.74) is 7.97. The fraction of sp³-hybridized carbons (Fsp3) is 0.294. The van der Waals surface area contributed by atoms with E-state index in [4.69, 9.17) is 22.1 Å². The summed E-state index contributed by atoms with van der Waals surface area (Å²) in [5.74, 6) is 0.461. The lowest BCUT2D eigenvalue weighted by atomic mass is 10.0. The monoisotopic (exact) mass is 307 g/mol. The molecule has 0 spiro atoms.